The van der Waals surface area contributed by atoms with E-state index >= 15 is 0 Å². The van der Waals surface area contributed by atoms with Crippen molar-refractivity contribution < 1.29 is 4.79 Å². The first kappa shape index (κ1) is 14.8. The highest BCUT2D eigenvalue weighted by molar-refractivity contribution is 7.99. The Labute approximate surface area is 142 Å². The van der Waals surface area contributed by atoms with E-state index in [2.05, 4.69) is 33.4 Å². The third-order valence-electron chi connectivity index (χ3n) is 3.94. The molecule has 5 nitrogen and oxygen atoms in total. The van der Waals surface area contributed by atoms with E-state index in [1.807, 2.05) is 6.07 Å². The number of thioether (sulfide) groups is 1. The van der Waals surface area contributed by atoms with Crippen molar-refractivity contribution in [3.63, 3.8) is 0 Å². The Kier molecular flexibility index (Phi) is 3.90. The van der Waals surface area contributed by atoms with Crippen molar-refractivity contribution in [1.82, 2.24) is 19.6 Å². The molecule has 1 atom stereocenters. The van der Waals surface area contributed by atoms with Crippen LogP contribution in [0.15, 0.2) is 28.9 Å². The summed E-state index contributed by atoms with van der Waals surface area (Å²) < 4.78 is 1.64. The molecule has 0 spiro atoms. The van der Waals surface area contributed by atoms with Crippen LogP contribution in [0.4, 0.5) is 0 Å². The van der Waals surface area contributed by atoms with Gasteiger partial charge in [-0.3, -0.25) is 4.79 Å². The van der Waals surface area contributed by atoms with Crippen molar-refractivity contribution in [2.24, 2.45) is 0 Å². The molecule has 23 heavy (non-hydrogen) atoms. The van der Waals surface area contributed by atoms with Crippen molar-refractivity contribution in [3.8, 4) is 0 Å². The highest BCUT2D eigenvalue weighted by atomic mass is 32.2. The summed E-state index contributed by atoms with van der Waals surface area (Å²) in [6.45, 7) is 2.13. The van der Waals surface area contributed by atoms with Crippen molar-refractivity contribution in [2.45, 2.75) is 37.3 Å². The number of nitrogens with zero attached hydrogens (tertiary/aromatic N) is 4. The monoisotopic (exact) mass is 344 g/mol. The summed E-state index contributed by atoms with van der Waals surface area (Å²) in [5.74, 6) is 1.96. The third kappa shape index (κ3) is 2.79. The Morgan fingerprint density at radius 1 is 1.39 bits per heavy atom. The highest BCUT2D eigenvalue weighted by Gasteiger charge is 2.29. The van der Waals surface area contributed by atoms with Gasteiger partial charge < -0.3 is 0 Å². The number of hydrogen-bond donors (Lipinski definition) is 0. The molecule has 1 aliphatic rings. The normalized spacial score (nSPS) is 17.6. The molecule has 0 saturated heterocycles. The lowest BCUT2D eigenvalue weighted by molar-refractivity contribution is 0.0963. The van der Waals surface area contributed by atoms with Gasteiger partial charge in [-0.1, -0.05) is 24.8 Å². The molecule has 7 heteroatoms. The number of carbonyl (C=O) groups is 1. The van der Waals surface area contributed by atoms with Gasteiger partial charge in [0, 0.05) is 29.2 Å². The lowest BCUT2D eigenvalue weighted by Crippen LogP contribution is -2.20. The number of thiophene rings is 1. The molecule has 3 aromatic rings. The van der Waals surface area contributed by atoms with E-state index in [4.69, 9.17) is 0 Å². The van der Waals surface area contributed by atoms with Gasteiger partial charge in [0.1, 0.15) is 0 Å². The van der Waals surface area contributed by atoms with E-state index in [1.54, 1.807) is 33.8 Å². The molecule has 3 heterocycles. The van der Waals surface area contributed by atoms with Crippen LogP contribution in [0.1, 0.15) is 46.6 Å². The zero-order valence-electron chi connectivity index (χ0n) is 12.7. The van der Waals surface area contributed by atoms with Gasteiger partial charge in [0.2, 0.25) is 5.16 Å². The second kappa shape index (κ2) is 6.05. The smallest absolute Gasteiger partial charge is 0.253 e. The van der Waals surface area contributed by atoms with E-state index in [-0.39, 0.29) is 11.7 Å². The Morgan fingerprint density at radius 3 is 3.09 bits per heavy atom. The van der Waals surface area contributed by atoms with Gasteiger partial charge in [-0.05, 0) is 24.3 Å². The largest absolute Gasteiger partial charge is 0.294 e. The molecule has 0 amide bonds. The molecule has 0 aliphatic heterocycles. The minimum absolute atomic E-state index is 0.150. The van der Waals surface area contributed by atoms with Crippen molar-refractivity contribution in [3.05, 3.63) is 39.8 Å². The zero-order valence-corrected chi connectivity index (χ0v) is 14.4. The van der Waals surface area contributed by atoms with Crippen LogP contribution in [0.3, 0.4) is 0 Å². The van der Waals surface area contributed by atoms with Gasteiger partial charge in [-0.25, -0.2) is 9.50 Å². The minimum Gasteiger partial charge on any atom is -0.294 e. The second-order valence-electron chi connectivity index (χ2n) is 5.63. The van der Waals surface area contributed by atoms with E-state index in [0.29, 0.717) is 17.8 Å². The molecular formula is C16H16N4OS2. The van der Waals surface area contributed by atoms with Gasteiger partial charge in [-0.15, -0.1) is 16.4 Å². The van der Waals surface area contributed by atoms with Crippen molar-refractivity contribution in [2.75, 3.05) is 5.75 Å². The molecule has 0 aromatic carbocycles. The average Bonchev–Trinajstić information content (AvgIpc) is 3.20. The van der Waals surface area contributed by atoms with Crippen LogP contribution in [0.2, 0.25) is 0 Å². The van der Waals surface area contributed by atoms with Gasteiger partial charge >= 0.3 is 0 Å². The molecular weight excluding hydrogens is 328 g/mol. The van der Waals surface area contributed by atoms with E-state index in [9.17, 15) is 4.79 Å². The maximum absolute atomic E-state index is 12.5. The fourth-order valence-electron chi connectivity index (χ4n) is 2.84. The van der Waals surface area contributed by atoms with Crippen LogP contribution in [-0.4, -0.2) is 31.1 Å². The predicted molar refractivity (Wildman–Crippen MR) is 91.5 cm³/mol. The van der Waals surface area contributed by atoms with Gasteiger partial charge in [0.25, 0.3) is 5.78 Å². The number of rotatable bonds is 4. The van der Waals surface area contributed by atoms with Gasteiger partial charge in [0.05, 0.1) is 11.3 Å². The summed E-state index contributed by atoms with van der Waals surface area (Å²) in [6, 6.07) is 4.13. The topological polar surface area (TPSA) is 60.1 Å². The standard InChI is InChI=1S/C16H16N4OS2/c1-2-5-23-16-18-15-17-12-7-10(14-4-3-6-22-14)8-13(21)11(12)9-20(15)19-16/h3-4,6,9-10H,2,5,7-8H2,1H3/t10-/m1/s1. The summed E-state index contributed by atoms with van der Waals surface area (Å²) in [5.41, 5.74) is 1.55. The van der Waals surface area contributed by atoms with Crippen LogP contribution in [0.25, 0.3) is 5.78 Å². The lowest BCUT2D eigenvalue weighted by Gasteiger charge is -2.21. The third-order valence-corrected chi connectivity index (χ3v) is 6.02. The van der Waals surface area contributed by atoms with Crippen LogP contribution in [0, 0.1) is 0 Å². The Morgan fingerprint density at radius 2 is 2.30 bits per heavy atom. The number of Topliss-reactive ketones (excluding diaryl/α,β-unsaturated/α-hetero) is 1. The summed E-state index contributed by atoms with van der Waals surface area (Å²) in [5, 5.41) is 7.20. The Balaban J connectivity index is 1.70. The molecule has 1 aliphatic carbocycles. The molecule has 0 unspecified atom stereocenters. The molecule has 3 aromatic heterocycles. The Hall–Kier alpha value is -1.73. The number of ketones is 1. The number of hydrogen-bond acceptors (Lipinski definition) is 6. The van der Waals surface area contributed by atoms with Crippen LogP contribution in [0.5, 0.6) is 0 Å². The fourth-order valence-corrected chi connectivity index (χ4v) is 4.35. The highest BCUT2D eigenvalue weighted by Crippen LogP contribution is 2.34. The average molecular weight is 344 g/mol. The Bertz CT molecular complexity index is 856. The minimum atomic E-state index is 0.150. The number of carbonyl (C=O) groups excluding carboxylic acids is 1. The van der Waals surface area contributed by atoms with E-state index in [1.165, 1.54) is 4.88 Å². The van der Waals surface area contributed by atoms with Gasteiger partial charge in [-0.2, -0.15) is 4.98 Å². The number of aromatic nitrogens is 4. The van der Waals surface area contributed by atoms with E-state index < -0.39 is 0 Å². The number of fused-ring (bicyclic) bond motifs is 2. The maximum atomic E-state index is 12.5. The molecule has 0 radical (unpaired) electrons. The molecule has 0 saturated carbocycles. The molecule has 4 rings (SSSR count). The van der Waals surface area contributed by atoms with E-state index in [0.717, 1.165) is 29.4 Å². The summed E-state index contributed by atoms with van der Waals surface area (Å²) in [7, 11) is 0. The molecule has 0 N–H and O–H groups in total. The maximum Gasteiger partial charge on any atom is 0.253 e. The first-order chi connectivity index (χ1) is 11.2. The summed E-state index contributed by atoms with van der Waals surface area (Å²) >= 11 is 3.33. The quantitative estimate of drug-likeness (QED) is 0.677. The van der Waals surface area contributed by atoms with Crippen molar-refractivity contribution in [1.29, 1.82) is 0 Å². The van der Waals surface area contributed by atoms with Crippen LogP contribution >= 0.6 is 23.1 Å². The summed E-state index contributed by atoms with van der Waals surface area (Å²) in [6.07, 6.45) is 4.22. The molecule has 0 fully saturated rings. The second-order valence-corrected chi connectivity index (χ2v) is 7.67. The SMILES string of the molecule is CCCSc1nc2nc3c(cn2n1)C(=O)C[C@H](c1cccs1)C3. The predicted octanol–water partition coefficient (Wildman–Crippen LogP) is 3.60. The lowest BCUT2D eigenvalue weighted by atomic mass is 9.86. The van der Waals surface area contributed by atoms with Crippen LogP contribution < -0.4 is 0 Å². The van der Waals surface area contributed by atoms with Crippen LogP contribution in [-0.2, 0) is 6.42 Å². The first-order valence-electron chi connectivity index (χ1n) is 7.70. The molecule has 0 bridgehead atoms. The summed E-state index contributed by atoms with van der Waals surface area (Å²) in [4.78, 5) is 22.8. The first-order valence-corrected chi connectivity index (χ1v) is 9.57. The van der Waals surface area contributed by atoms with Crippen molar-refractivity contribution >= 4 is 34.7 Å². The zero-order chi connectivity index (χ0) is 15.8. The molecule has 118 valence electrons. The van der Waals surface area contributed by atoms with Gasteiger partial charge in [0.15, 0.2) is 5.78 Å². The fraction of sp³-hybridized carbons (Fsp3) is 0.375.